The van der Waals surface area contributed by atoms with Crippen molar-refractivity contribution in [2.45, 2.75) is 19.9 Å². The summed E-state index contributed by atoms with van der Waals surface area (Å²) in [5.41, 5.74) is 9.30. The zero-order valence-electron chi connectivity index (χ0n) is 10.7. The molecule has 0 fully saturated rings. The summed E-state index contributed by atoms with van der Waals surface area (Å²) < 4.78 is 0. The lowest BCUT2D eigenvalue weighted by Crippen LogP contribution is -2.24. The molecular weight excluding hydrogens is 224 g/mol. The summed E-state index contributed by atoms with van der Waals surface area (Å²) in [6.45, 7) is 5.01. The summed E-state index contributed by atoms with van der Waals surface area (Å²) in [5.74, 6) is 0.562. The minimum Gasteiger partial charge on any atom is -0.383 e. The van der Waals surface area contributed by atoms with Gasteiger partial charge in [0.25, 0.3) is 0 Å². The maximum atomic E-state index is 5.97. The molecule has 0 amide bonds. The van der Waals surface area contributed by atoms with Gasteiger partial charge in [0, 0.05) is 24.2 Å². The van der Waals surface area contributed by atoms with E-state index in [0.717, 1.165) is 17.7 Å². The second kappa shape index (κ2) is 5.60. The smallest absolute Gasteiger partial charge is 0.128 e. The second-order valence-electron chi connectivity index (χ2n) is 4.20. The van der Waals surface area contributed by atoms with E-state index in [-0.39, 0.29) is 6.04 Å². The number of rotatable bonds is 4. The molecule has 0 aliphatic carbocycles. The molecule has 2 heterocycles. The molecular formula is C14H18N4. The maximum absolute atomic E-state index is 5.97. The van der Waals surface area contributed by atoms with Crippen LogP contribution in [-0.4, -0.2) is 16.5 Å². The summed E-state index contributed by atoms with van der Waals surface area (Å²) in [5, 5.41) is 3.44. The van der Waals surface area contributed by atoms with Crippen molar-refractivity contribution in [1.82, 2.24) is 15.3 Å². The van der Waals surface area contributed by atoms with Crippen LogP contribution in [0.15, 0.2) is 36.8 Å². The highest BCUT2D eigenvalue weighted by molar-refractivity contribution is 5.46. The normalized spacial score (nSPS) is 12.3. The van der Waals surface area contributed by atoms with Crippen molar-refractivity contribution in [2.75, 3.05) is 12.3 Å². The number of nitrogens with zero attached hydrogens (tertiary/aromatic N) is 2. The van der Waals surface area contributed by atoms with E-state index >= 15 is 0 Å². The van der Waals surface area contributed by atoms with Gasteiger partial charge in [0.15, 0.2) is 0 Å². The summed E-state index contributed by atoms with van der Waals surface area (Å²) in [6, 6.07) is 5.95. The molecule has 1 atom stereocenters. The number of nitrogens with two attached hydrogens (primary N) is 1. The molecule has 0 radical (unpaired) electrons. The number of hydrogen-bond donors (Lipinski definition) is 2. The zero-order chi connectivity index (χ0) is 13.0. The summed E-state index contributed by atoms with van der Waals surface area (Å²) in [4.78, 5) is 8.36. The summed E-state index contributed by atoms with van der Waals surface area (Å²) in [6.07, 6.45) is 5.39. The SMILES string of the molecule is CCNC(c1cnccc1C)c1cccnc1N. The predicted molar refractivity (Wildman–Crippen MR) is 73.1 cm³/mol. The number of aromatic nitrogens is 2. The van der Waals surface area contributed by atoms with Crippen LogP contribution < -0.4 is 11.1 Å². The molecule has 1 unspecified atom stereocenters. The Morgan fingerprint density at radius 3 is 2.78 bits per heavy atom. The maximum Gasteiger partial charge on any atom is 0.128 e. The van der Waals surface area contributed by atoms with Crippen molar-refractivity contribution in [3.05, 3.63) is 53.5 Å². The monoisotopic (exact) mass is 242 g/mol. The highest BCUT2D eigenvalue weighted by Gasteiger charge is 2.17. The van der Waals surface area contributed by atoms with Crippen LogP contribution in [0.3, 0.4) is 0 Å². The number of nitrogen functional groups attached to an aromatic ring is 1. The number of hydrogen-bond acceptors (Lipinski definition) is 4. The van der Waals surface area contributed by atoms with Crippen LogP contribution in [0.2, 0.25) is 0 Å². The fraction of sp³-hybridized carbons (Fsp3) is 0.286. The summed E-state index contributed by atoms with van der Waals surface area (Å²) >= 11 is 0. The molecule has 4 heteroatoms. The lowest BCUT2D eigenvalue weighted by Gasteiger charge is -2.21. The van der Waals surface area contributed by atoms with Crippen LogP contribution in [0, 0.1) is 6.92 Å². The lowest BCUT2D eigenvalue weighted by atomic mass is 9.97. The molecule has 2 rings (SSSR count). The first-order chi connectivity index (χ1) is 8.74. The molecule has 0 aromatic carbocycles. The van der Waals surface area contributed by atoms with E-state index in [4.69, 9.17) is 5.73 Å². The van der Waals surface area contributed by atoms with E-state index in [2.05, 4.69) is 29.1 Å². The van der Waals surface area contributed by atoms with Crippen molar-refractivity contribution in [2.24, 2.45) is 0 Å². The van der Waals surface area contributed by atoms with E-state index in [9.17, 15) is 0 Å². The van der Waals surface area contributed by atoms with Gasteiger partial charge >= 0.3 is 0 Å². The fourth-order valence-electron chi connectivity index (χ4n) is 2.04. The van der Waals surface area contributed by atoms with Gasteiger partial charge in [0.2, 0.25) is 0 Å². The van der Waals surface area contributed by atoms with Crippen LogP contribution in [0.5, 0.6) is 0 Å². The van der Waals surface area contributed by atoms with E-state index in [1.807, 2.05) is 24.4 Å². The van der Waals surface area contributed by atoms with Crippen molar-refractivity contribution in [3.8, 4) is 0 Å². The van der Waals surface area contributed by atoms with Crippen LogP contribution in [0.4, 0.5) is 5.82 Å². The molecule has 0 aliphatic heterocycles. The molecule has 2 aromatic heterocycles. The van der Waals surface area contributed by atoms with Crippen molar-refractivity contribution >= 4 is 5.82 Å². The molecule has 0 bridgehead atoms. The van der Waals surface area contributed by atoms with Crippen LogP contribution in [-0.2, 0) is 0 Å². The quantitative estimate of drug-likeness (QED) is 0.861. The van der Waals surface area contributed by atoms with Crippen molar-refractivity contribution in [3.63, 3.8) is 0 Å². The third-order valence-electron chi connectivity index (χ3n) is 2.98. The van der Waals surface area contributed by atoms with Crippen LogP contribution >= 0.6 is 0 Å². The largest absolute Gasteiger partial charge is 0.383 e. The Balaban J connectivity index is 2.47. The van der Waals surface area contributed by atoms with Crippen LogP contribution in [0.25, 0.3) is 0 Å². The Morgan fingerprint density at radius 2 is 2.11 bits per heavy atom. The van der Waals surface area contributed by atoms with Gasteiger partial charge in [-0.2, -0.15) is 0 Å². The molecule has 3 N–H and O–H groups in total. The highest BCUT2D eigenvalue weighted by atomic mass is 14.9. The molecule has 18 heavy (non-hydrogen) atoms. The third kappa shape index (κ3) is 2.49. The molecule has 94 valence electrons. The molecule has 0 spiro atoms. The Kier molecular flexibility index (Phi) is 3.89. The van der Waals surface area contributed by atoms with Gasteiger partial charge in [0.05, 0.1) is 6.04 Å². The Morgan fingerprint density at radius 1 is 1.28 bits per heavy atom. The zero-order valence-corrected chi connectivity index (χ0v) is 10.7. The minimum atomic E-state index is 0.0393. The first-order valence-corrected chi connectivity index (χ1v) is 6.08. The van der Waals surface area contributed by atoms with Gasteiger partial charge < -0.3 is 11.1 Å². The highest BCUT2D eigenvalue weighted by Crippen LogP contribution is 2.26. The minimum absolute atomic E-state index is 0.0393. The topological polar surface area (TPSA) is 63.8 Å². The predicted octanol–water partition coefficient (Wildman–Crippen LogP) is 2.07. The molecule has 2 aromatic rings. The van der Waals surface area contributed by atoms with Crippen molar-refractivity contribution < 1.29 is 0 Å². The third-order valence-corrected chi connectivity index (χ3v) is 2.98. The molecule has 0 saturated carbocycles. The number of aryl methyl sites for hydroxylation is 1. The first kappa shape index (κ1) is 12.5. The van der Waals surface area contributed by atoms with Crippen molar-refractivity contribution in [1.29, 1.82) is 0 Å². The van der Waals surface area contributed by atoms with Gasteiger partial charge in [-0.1, -0.05) is 13.0 Å². The Hall–Kier alpha value is -1.94. The first-order valence-electron chi connectivity index (χ1n) is 6.08. The standard InChI is InChI=1S/C14H18N4/c1-3-17-13(11-5-4-7-18-14(11)15)12-9-16-8-6-10(12)2/h4-9,13,17H,3H2,1-2H3,(H2,15,18). The van der Waals surface area contributed by atoms with Gasteiger partial charge in [-0.25, -0.2) is 4.98 Å². The lowest BCUT2D eigenvalue weighted by molar-refractivity contribution is 0.625. The number of pyridine rings is 2. The second-order valence-corrected chi connectivity index (χ2v) is 4.20. The number of anilines is 1. The van der Waals surface area contributed by atoms with E-state index < -0.39 is 0 Å². The van der Waals surface area contributed by atoms with Gasteiger partial charge in [0.1, 0.15) is 5.82 Å². The van der Waals surface area contributed by atoms with E-state index in [1.165, 1.54) is 5.56 Å². The molecule has 4 nitrogen and oxygen atoms in total. The Labute approximate surface area is 107 Å². The van der Waals surface area contributed by atoms with Gasteiger partial charge in [-0.15, -0.1) is 0 Å². The van der Waals surface area contributed by atoms with E-state index in [1.54, 1.807) is 12.4 Å². The average molecular weight is 242 g/mol. The number of nitrogens with one attached hydrogen (secondary N) is 1. The van der Waals surface area contributed by atoms with E-state index in [0.29, 0.717) is 5.82 Å². The average Bonchev–Trinajstić information content (AvgIpc) is 2.38. The Bertz CT molecular complexity index is 479. The van der Waals surface area contributed by atoms with Gasteiger partial charge in [-0.05, 0) is 36.7 Å². The van der Waals surface area contributed by atoms with Gasteiger partial charge in [-0.3, -0.25) is 4.98 Å². The summed E-state index contributed by atoms with van der Waals surface area (Å²) in [7, 11) is 0. The van der Waals surface area contributed by atoms with Crippen LogP contribution in [0.1, 0.15) is 29.7 Å². The molecule has 0 aliphatic rings. The fourth-order valence-corrected chi connectivity index (χ4v) is 2.04. The molecule has 0 saturated heterocycles.